The van der Waals surface area contributed by atoms with Crippen molar-refractivity contribution in [3.8, 4) is 11.5 Å². The first-order chi connectivity index (χ1) is 12.2. The lowest BCUT2D eigenvalue weighted by Gasteiger charge is -2.33. The number of hydrogen-bond donors (Lipinski definition) is 1. The lowest BCUT2D eigenvalue weighted by Crippen LogP contribution is -2.41. The third kappa shape index (κ3) is 4.44. The first-order valence-electron chi connectivity index (χ1n) is 8.85. The van der Waals surface area contributed by atoms with E-state index in [1.54, 1.807) is 11.2 Å². The average Bonchev–Trinajstić information content (AvgIpc) is 2.96. The van der Waals surface area contributed by atoms with Crippen molar-refractivity contribution in [2.24, 2.45) is 5.92 Å². The van der Waals surface area contributed by atoms with E-state index in [1.807, 2.05) is 25.3 Å². The van der Waals surface area contributed by atoms with Gasteiger partial charge >= 0.3 is 6.09 Å². The van der Waals surface area contributed by atoms with Gasteiger partial charge in [-0.25, -0.2) is 19.7 Å². The highest BCUT2D eigenvalue weighted by Gasteiger charge is 2.27. The number of carbonyl (C=O) groups is 1. The molecule has 0 aromatic heterocycles. The van der Waals surface area contributed by atoms with Gasteiger partial charge in [0, 0.05) is 19.6 Å². The third-order valence-corrected chi connectivity index (χ3v) is 4.86. The van der Waals surface area contributed by atoms with Gasteiger partial charge in [0.1, 0.15) is 5.60 Å². The number of carbonyl (C=O) groups excluding carboxylic acids is 1. The average molecular weight is 425 g/mol. The molecule has 0 aromatic carbocycles. The van der Waals surface area contributed by atoms with Crippen LogP contribution in [0.15, 0.2) is 11.1 Å². The maximum Gasteiger partial charge on any atom is 0.410 e. The standard InChI is InChI=1S/C17H25BrN6O2/c1-17(2,3)26-16(25)23-7-4-11(5-8-23)6-9-24-10-20-13(19)12-14(24)22-15(18)21-12/h10-11H,4-9,19H2,1-3H3. The van der Waals surface area contributed by atoms with Gasteiger partial charge in [-0.3, -0.25) is 0 Å². The summed E-state index contributed by atoms with van der Waals surface area (Å²) < 4.78 is 7.96. The first kappa shape index (κ1) is 18.9. The summed E-state index contributed by atoms with van der Waals surface area (Å²) in [5.74, 6) is 1.69. The molecule has 0 radical (unpaired) electrons. The summed E-state index contributed by atoms with van der Waals surface area (Å²) in [6, 6.07) is 0. The monoisotopic (exact) mass is 424 g/mol. The van der Waals surface area contributed by atoms with Crippen molar-refractivity contribution in [3.63, 3.8) is 0 Å². The van der Waals surface area contributed by atoms with Crippen LogP contribution in [0.25, 0.3) is 11.5 Å². The molecule has 3 rings (SSSR count). The summed E-state index contributed by atoms with van der Waals surface area (Å²) >= 11 is 3.29. The number of ether oxygens (including phenoxy) is 1. The zero-order valence-electron chi connectivity index (χ0n) is 15.4. The molecule has 0 aromatic rings. The fourth-order valence-electron chi connectivity index (χ4n) is 3.14. The Morgan fingerprint density at radius 2 is 2.04 bits per heavy atom. The van der Waals surface area contributed by atoms with Gasteiger partial charge in [-0.15, -0.1) is 0 Å². The molecule has 0 unspecified atom stereocenters. The molecular weight excluding hydrogens is 400 g/mol. The highest BCUT2D eigenvalue weighted by atomic mass is 79.9. The number of nitrogen functional groups attached to an aromatic ring is 1. The summed E-state index contributed by atoms with van der Waals surface area (Å²) in [5.41, 5.74) is 6.04. The number of aromatic nitrogens is 4. The Balaban J connectivity index is 1.53. The van der Waals surface area contributed by atoms with Crippen LogP contribution in [0.4, 0.5) is 10.6 Å². The Hall–Kier alpha value is -1.90. The quantitative estimate of drug-likeness (QED) is 0.759. The van der Waals surface area contributed by atoms with E-state index in [0.717, 1.165) is 44.7 Å². The Kier molecular flexibility index (Phi) is 5.36. The van der Waals surface area contributed by atoms with Crippen molar-refractivity contribution in [1.82, 2.24) is 24.4 Å². The minimum Gasteiger partial charge on any atom is -0.444 e. The number of fused-ring (bicyclic) bond motifs is 1. The molecule has 3 aliphatic heterocycles. The fraction of sp³-hybridized carbons (Fsp3) is 0.647. The van der Waals surface area contributed by atoms with Gasteiger partial charge < -0.3 is 19.9 Å². The molecule has 2 N–H and O–H groups in total. The Labute approximate surface area is 161 Å². The summed E-state index contributed by atoms with van der Waals surface area (Å²) in [7, 11) is 0. The number of aryl methyl sites for hydroxylation is 1. The largest absolute Gasteiger partial charge is 0.444 e. The molecule has 9 heteroatoms. The van der Waals surface area contributed by atoms with Gasteiger partial charge in [-0.05, 0) is 61.9 Å². The van der Waals surface area contributed by atoms with Crippen molar-refractivity contribution in [2.45, 2.75) is 52.2 Å². The van der Waals surface area contributed by atoms with Crippen LogP contribution >= 0.6 is 15.9 Å². The maximum absolute atomic E-state index is 12.1. The van der Waals surface area contributed by atoms with Gasteiger partial charge in [0.2, 0.25) is 0 Å². The number of halogens is 1. The molecular formula is C17H25BrN6O2. The minimum atomic E-state index is -0.451. The molecule has 142 valence electrons. The number of nitrogens with two attached hydrogens (primary N) is 1. The number of likely N-dealkylation sites (tertiary alicyclic amines) is 1. The van der Waals surface area contributed by atoms with E-state index in [1.165, 1.54) is 0 Å². The van der Waals surface area contributed by atoms with Gasteiger partial charge in [-0.2, -0.15) is 0 Å². The first-order valence-corrected chi connectivity index (χ1v) is 9.64. The molecule has 1 fully saturated rings. The maximum atomic E-state index is 12.1. The van der Waals surface area contributed by atoms with Gasteiger partial charge in [0.15, 0.2) is 22.1 Å². The predicted molar refractivity (Wildman–Crippen MR) is 102 cm³/mol. The van der Waals surface area contributed by atoms with Crippen molar-refractivity contribution in [1.29, 1.82) is 0 Å². The van der Waals surface area contributed by atoms with E-state index in [-0.39, 0.29) is 6.09 Å². The van der Waals surface area contributed by atoms with Gasteiger partial charge in [0.25, 0.3) is 0 Å². The number of piperidine rings is 1. The normalized spacial score (nSPS) is 16.2. The van der Waals surface area contributed by atoms with Crippen LogP contribution in [0.5, 0.6) is 0 Å². The van der Waals surface area contributed by atoms with Crippen LogP contribution in [-0.4, -0.2) is 49.2 Å². The van der Waals surface area contributed by atoms with E-state index >= 15 is 0 Å². The molecule has 0 atom stereocenters. The zero-order valence-corrected chi connectivity index (χ0v) is 17.0. The van der Waals surface area contributed by atoms with Crippen LogP contribution < -0.4 is 5.73 Å². The SMILES string of the molecule is CC(C)(C)OC(=O)N1CCC(CCn2cnc(N)c3nc(Br)nc2-3)CC1. The van der Waals surface area contributed by atoms with Crippen molar-refractivity contribution >= 4 is 27.8 Å². The zero-order chi connectivity index (χ0) is 18.9. The second-order valence-corrected chi connectivity index (χ2v) is 8.40. The lowest BCUT2D eigenvalue weighted by molar-refractivity contribution is 0.0180. The van der Waals surface area contributed by atoms with E-state index in [4.69, 9.17) is 10.5 Å². The molecule has 1 amide bonds. The number of amides is 1. The Bertz CT molecular complexity index is 748. The van der Waals surface area contributed by atoms with Crippen LogP contribution in [0.3, 0.4) is 0 Å². The van der Waals surface area contributed by atoms with Crippen LogP contribution in [0.1, 0.15) is 40.0 Å². The number of anilines is 1. The van der Waals surface area contributed by atoms with Crippen molar-refractivity contribution in [3.05, 3.63) is 11.1 Å². The number of nitrogens with zero attached hydrogens (tertiary/aromatic N) is 5. The lowest BCUT2D eigenvalue weighted by atomic mass is 9.93. The minimum absolute atomic E-state index is 0.216. The predicted octanol–water partition coefficient (Wildman–Crippen LogP) is 3.16. The molecule has 0 aliphatic carbocycles. The van der Waals surface area contributed by atoms with E-state index in [0.29, 0.717) is 22.2 Å². The highest BCUT2D eigenvalue weighted by molar-refractivity contribution is 9.10. The molecule has 26 heavy (non-hydrogen) atoms. The molecule has 1 saturated heterocycles. The fourth-order valence-corrected chi connectivity index (χ4v) is 3.49. The van der Waals surface area contributed by atoms with Crippen LogP contribution in [0, 0.1) is 5.92 Å². The Morgan fingerprint density at radius 1 is 1.35 bits per heavy atom. The summed E-state index contributed by atoms with van der Waals surface area (Å²) in [5, 5.41) is 0. The van der Waals surface area contributed by atoms with E-state index in [2.05, 4.69) is 30.9 Å². The van der Waals surface area contributed by atoms with Crippen LogP contribution in [-0.2, 0) is 11.3 Å². The van der Waals surface area contributed by atoms with Crippen molar-refractivity contribution < 1.29 is 9.53 Å². The topological polar surface area (TPSA) is 99.2 Å². The molecule has 3 heterocycles. The number of hydrogen-bond acceptors (Lipinski definition) is 6. The highest BCUT2D eigenvalue weighted by Crippen LogP contribution is 2.27. The second-order valence-electron chi connectivity index (χ2n) is 7.69. The molecule has 0 bridgehead atoms. The smallest absolute Gasteiger partial charge is 0.410 e. The summed E-state index contributed by atoms with van der Waals surface area (Å²) in [6.45, 7) is 7.94. The molecule has 0 saturated carbocycles. The summed E-state index contributed by atoms with van der Waals surface area (Å²) in [6.07, 6.45) is 4.45. The summed E-state index contributed by atoms with van der Waals surface area (Å²) in [4.78, 5) is 26.8. The Morgan fingerprint density at radius 3 is 2.69 bits per heavy atom. The molecule has 8 nitrogen and oxygen atoms in total. The second kappa shape index (κ2) is 7.38. The molecule has 3 aliphatic rings. The van der Waals surface area contributed by atoms with Gasteiger partial charge in [-0.1, -0.05) is 0 Å². The third-order valence-electron chi connectivity index (χ3n) is 4.51. The number of rotatable bonds is 3. The van der Waals surface area contributed by atoms with Crippen molar-refractivity contribution in [2.75, 3.05) is 18.8 Å². The molecule has 0 spiro atoms. The van der Waals surface area contributed by atoms with E-state index < -0.39 is 5.60 Å². The van der Waals surface area contributed by atoms with Crippen LogP contribution in [0.2, 0.25) is 0 Å². The van der Waals surface area contributed by atoms with Gasteiger partial charge in [0.05, 0.1) is 6.33 Å². The number of imidazole rings is 1. The van der Waals surface area contributed by atoms with E-state index in [9.17, 15) is 4.79 Å².